The molecule has 28 heavy (non-hydrogen) atoms. The lowest BCUT2D eigenvalue weighted by Crippen LogP contribution is -2.45. The number of fused-ring (bicyclic) bond motifs is 3. The molecule has 1 aliphatic carbocycles. The van der Waals surface area contributed by atoms with Gasteiger partial charge in [0.1, 0.15) is 0 Å². The highest BCUT2D eigenvalue weighted by atomic mass is 16.3. The fraction of sp³-hybridized carbons (Fsp3) is 0.542. The quantitative estimate of drug-likeness (QED) is 0.875. The molecule has 3 aliphatic rings. The summed E-state index contributed by atoms with van der Waals surface area (Å²) >= 11 is 0. The number of carbonyl (C=O) groups excluding carboxylic acids is 1. The van der Waals surface area contributed by atoms with Crippen LogP contribution in [0.2, 0.25) is 0 Å². The molecule has 0 bridgehead atoms. The van der Waals surface area contributed by atoms with E-state index in [1.807, 2.05) is 4.90 Å². The van der Waals surface area contributed by atoms with Gasteiger partial charge in [-0.15, -0.1) is 0 Å². The minimum Gasteiger partial charge on any atom is -0.391 e. The van der Waals surface area contributed by atoms with Crippen molar-refractivity contribution in [3.05, 3.63) is 47.0 Å². The topological polar surface area (TPSA) is 43.8 Å². The standard InChI is InChI=1S/C24H30N2O2/c27-23-11-5-4-10-22(23)26-16-21-19-9-3-2-8-18(19)17(14-20(21)24(26)28)15-25-12-6-1-7-13-25/h2-3,8-9,14,22-23,27H,1,4-7,10-13,15-16H2/t22?,23-/m0/s1. The van der Waals surface area contributed by atoms with Gasteiger partial charge in [0.25, 0.3) is 5.91 Å². The van der Waals surface area contributed by atoms with Crippen molar-refractivity contribution in [3.8, 4) is 0 Å². The van der Waals surface area contributed by atoms with Crippen LogP contribution in [0.25, 0.3) is 10.8 Å². The Bertz CT molecular complexity index is 888. The van der Waals surface area contributed by atoms with Gasteiger partial charge in [-0.05, 0) is 66.7 Å². The maximum atomic E-state index is 13.3. The van der Waals surface area contributed by atoms with Crippen molar-refractivity contribution >= 4 is 16.7 Å². The smallest absolute Gasteiger partial charge is 0.254 e. The second-order valence-electron chi connectivity index (χ2n) is 8.80. The summed E-state index contributed by atoms with van der Waals surface area (Å²) < 4.78 is 0. The van der Waals surface area contributed by atoms with Gasteiger partial charge in [-0.1, -0.05) is 43.5 Å². The summed E-state index contributed by atoms with van der Waals surface area (Å²) in [6.07, 6.45) is 7.39. The van der Waals surface area contributed by atoms with Crippen LogP contribution in [0.5, 0.6) is 0 Å². The van der Waals surface area contributed by atoms with Crippen molar-refractivity contribution in [2.24, 2.45) is 0 Å². The van der Waals surface area contributed by atoms with Crippen molar-refractivity contribution in [3.63, 3.8) is 0 Å². The molecule has 2 fully saturated rings. The van der Waals surface area contributed by atoms with E-state index in [0.29, 0.717) is 6.54 Å². The molecule has 4 nitrogen and oxygen atoms in total. The lowest BCUT2D eigenvalue weighted by Gasteiger charge is -2.35. The number of likely N-dealkylation sites (tertiary alicyclic amines) is 1. The molecule has 1 saturated carbocycles. The first-order valence-electron chi connectivity index (χ1n) is 11.0. The maximum Gasteiger partial charge on any atom is 0.254 e. The van der Waals surface area contributed by atoms with E-state index in [9.17, 15) is 9.90 Å². The largest absolute Gasteiger partial charge is 0.391 e. The summed E-state index contributed by atoms with van der Waals surface area (Å²) in [6.45, 7) is 3.87. The molecule has 4 heteroatoms. The maximum absolute atomic E-state index is 13.3. The summed E-state index contributed by atoms with van der Waals surface area (Å²) in [6, 6.07) is 10.7. The van der Waals surface area contributed by atoms with Crippen LogP contribution in [0, 0.1) is 0 Å². The number of rotatable bonds is 3. The number of amides is 1. The highest BCUT2D eigenvalue weighted by Gasteiger charge is 2.38. The molecule has 1 unspecified atom stereocenters. The van der Waals surface area contributed by atoms with E-state index in [2.05, 4.69) is 35.2 Å². The van der Waals surface area contributed by atoms with Crippen molar-refractivity contribution in [2.75, 3.05) is 13.1 Å². The predicted octanol–water partition coefficient (Wildman–Crippen LogP) is 4.09. The SMILES string of the molecule is O=C1c2cc(CN3CCCCC3)c3ccccc3c2CN1C1CCCC[C@@H]1O. The van der Waals surface area contributed by atoms with Crippen molar-refractivity contribution in [1.29, 1.82) is 0 Å². The normalized spacial score (nSPS) is 26.0. The third kappa shape index (κ3) is 3.13. The Morgan fingerprint density at radius 2 is 1.71 bits per heavy atom. The minimum atomic E-state index is -0.383. The zero-order valence-corrected chi connectivity index (χ0v) is 16.6. The van der Waals surface area contributed by atoms with E-state index in [1.165, 1.54) is 35.6 Å². The molecule has 1 amide bonds. The first kappa shape index (κ1) is 18.1. The second kappa shape index (κ2) is 7.49. The molecule has 148 valence electrons. The summed E-state index contributed by atoms with van der Waals surface area (Å²) in [4.78, 5) is 17.8. The van der Waals surface area contributed by atoms with Crippen LogP contribution >= 0.6 is 0 Å². The number of hydrogen-bond acceptors (Lipinski definition) is 3. The third-order valence-electron chi connectivity index (χ3n) is 7.00. The monoisotopic (exact) mass is 378 g/mol. The van der Waals surface area contributed by atoms with E-state index in [-0.39, 0.29) is 18.1 Å². The third-order valence-corrected chi connectivity index (χ3v) is 7.00. The van der Waals surface area contributed by atoms with Gasteiger partial charge in [-0.3, -0.25) is 9.69 Å². The highest BCUT2D eigenvalue weighted by molar-refractivity contribution is 6.05. The number of carbonyl (C=O) groups is 1. The molecular weight excluding hydrogens is 348 g/mol. The molecular formula is C24H30N2O2. The van der Waals surface area contributed by atoms with Gasteiger partial charge in [0, 0.05) is 18.7 Å². The first-order valence-corrected chi connectivity index (χ1v) is 11.0. The summed E-state index contributed by atoms with van der Waals surface area (Å²) in [5.41, 5.74) is 3.29. The Morgan fingerprint density at radius 1 is 0.964 bits per heavy atom. The van der Waals surface area contributed by atoms with Crippen LogP contribution in [0.1, 0.15) is 66.4 Å². The zero-order chi connectivity index (χ0) is 19.1. The fourth-order valence-corrected chi connectivity index (χ4v) is 5.48. The van der Waals surface area contributed by atoms with E-state index < -0.39 is 0 Å². The zero-order valence-electron chi connectivity index (χ0n) is 16.6. The summed E-state index contributed by atoms with van der Waals surface area (Å²) in [5, 5.41) is 13.0. The molecule has 2 aromatic rings. The van der Waals surface area contributed by atoms with Gasteiger partial charge in [-0.2, -0.15) is 0 Å². The molecule has 2 aliphatic heterocycles. The molecule has 2 atom stereocenters. The van der Waals surface area contributed by atoms with E-state index >= 15 is 0 Å². The number of piperidine rings is 1. The minimum absolute atomic E-state index is 0.0297. The number of nitrogens with zero attached hydrogens (tertiary/aromatic N) is 2. The van der Waals surface area contributed by atoms with Crippen LogP contribution in [0.4, 0.5) is 0 Å². The van der Waals surface area contributed by atoms with Crippen LogP contribution in [0.15, 0.2) is 30.3 Å². The number of benzene rings is 2. The summed E-state index contributed by atoms with van der Waals surface area (Å²) in [5.74, 6) is 0.117. The second-order valence-corrected chi connectivity index (χ2v) is 8.80. The van der Waals surface area contributed by atoms with Gasteiger partial charge in [-0.25, -0.2) is 0 Å². The Labute approximate surface area is 167 Å². The average molecular weight is 379 g/mol. The van der Waals surface area contributed by atoms with Crippen molar-refractivity contribution in [1.82, 2.24) is 9.80 Å². The van der Waals surface area contributed by atoms with Crippen LogP contribution in [0.3, 0.4) is 0 Å². The molecule has 1 N–H and O–H groups in total. The van der Waals surface area contributed by atoms with Crippen LogP contribution in [-0.2, 0) is 13.1 Å². The number of aliphatic hydroxyl groups is 1. The highest BCUT2D eigenvalue weighted by Crippen LogP contribution is 2.37. The van der Waals surface area contributed by atoms with Gasteiger partial charge in [0.15, 0.2) is 0 Å². The Hall–Kier alpha value is -1.91. The molecule has 0 spiro atoms. The number of hydrogen-bond donors (Lipinski definition) is 1. The molecule has 2 aromatic carbocycles. The molecule has 0 aromatic heterocycles. The van der Waals surface area contributed by atoms with Gasteiger partial charge in [0.05, 0.1) is 12.1 Å². The number of aliphatic hydroxyl groups excluding tert-OH is 1. The van der Waals surface area contributed by atoms with E-state index in [4.69, 9.17) is 0 Å². The lowest BCUT2D eigenvalue weighted by atomic mass is 9.91. The first-order chi connectivity index (χ1) is 13.7. The lowest BCUT2D eigenvalue weighted by molar-refractivity contribution is 0.0192. The molecule has 0 radical (unpaired) electrons. The molecule has 5 rings (SSSR count). The Morgan fingerprint density at radius 3 is 2.50 bits per heavy atom. The van der Waals surface area contributed by atoms with Gasteiger partial charge >= 0.3 is 0 Å². The summed E-state index contributed by atoms with van der Waals surface area (Å²) in [7, 11) is 0. The van der Waals surface area contributed by atoms with E-state index in [0.717, 1.165) is 56.4 Å². The molecule has 1 saturated heterocycles. The van der Waals surface area contributed by atoms with Crippen molar-refractivity contribution < 1.29 is 9.90 Å². The average Bonchev–Trinajstić information content (AvgIpc) is 3.06. The van der Waals surface area contributed by atoms with Crippen molar-refractivity contribution in [2.45, 2.75) is 70.2 Å². The van der Waals surface area contributed by atoms with Gasteiger partial charge < -0.3 is 10.0 Å². The predicted molar refractivity (Wildman–Crippen MR) is 111 cm³/mol. The Kier molecular flexibility index (Phi) is 4.85. The Balaban J connectivity index is 1.52. The molecule has 2 heterocycles. The fourth-order valence-electron chi connectivity index (χ4n) is 5.48. The van der Waals surface area contributed by atoms with Gasteiger partial charge in [0.2, 0.25) is 0 Å². The van der Waals surface area contributed by atoms with E-state index in [1.54, 1.807) is 0 Å². The van der Waals surface area contributed by atoms with Crippen LogP contribution < -0.4 is 0 Å². The van der Waals surface area contributed by atoms with Crippen LogP contribution in [-0.4, -0.2) is 46.0 Å².